The van der Waals surface area contributed by atoms with Crippen molar-refractivity contribution >= 4 is 29.1 Å². The Kier molecular flexibility index (Phi) is 7.52. The zero-order chi connectivity index (χ0) is 24.3. The summed E-state index contributed by atoms with van der Waals surface area (Å²) < 4.78 is 71.5. The molecule has 1 saturated carbocycles. The number of anilines is 2. The van der Waals surface area contributed by atoms with Crippen molar-refractivity contribution in [3.63, 3.8) is 0 Å². The van der Waals surface area contributed by atoms with E-state index in [4.69, 9.17) is 10.5 Å². The standard InChI is InChI=1S/C20H23F5N4O4/c21-17(22)13-7-12(3-4-14(13)29-5-6-33-9-15(29)30)27-19(32)16(18(26)31)28(8-11-1-2-11)10-20(23,24)25/h3-4,7,11,16-17H,1-2,5-6,8-10H2,(H2,26,31)(H,27,32)/t16-/m1/s1. The Hall–Kier alpha value is -2.80. The van der Waals surface area contributed by atoms with E-state index in [9.17, 15) is 36.3 Å². The van der Waals surface area contributed by atoms with Crippen LogP contribution in [-0.2, 0) is 19.1 Å². The summed E-state index contributed by atoms with van der Waals surface area (Å²) in [6.07, 6.45) is -6.36. The minimum atomic E-state index is -4.68. The van der Waals surface area contributed by atoms with Crippen LogP contribution in [0.2, 0.25) is 0 Å². The molecule has 2 aliphatic rings. The lowest BCUT2D eigenvalue weighted by atomic mass is 10.1. The van der Waals surface area contributed by atoms with Crippen LogP contribution in [0.5, 0.6) is 0 Å². The quantitative estimate of drug-likeness (QED) is 0.418. The van der Waals surface area contributed by atoms with Crippen LogP contribution in [0.25, 0.3) is 0 Å². The summed E-state index contributed by atoms with van der Waals surface area (Å²) in [5.41, 5.74) is 4.42. The molecule has 1 aromatic carbocycles. The van der Waals surface area contributed by atoms with Crippen LogP contribution in [0.3, 0.4) is 0 Å². The first-order valence-corrected chi connectivity index (χ1v) is 10.2. The summed E-state index contributed by atoms with van der Waals surface area (Å²) in [4.78, 5) is 38.4. The molecule has 0 radical (unpaired) electrons. The van der Waals surface area contributed by atoms with Crippen LogP contribution in [0.4, 0.5) is 33.3 Å². The molecule has 3 N–H and O–H groups in total. The van der Waals surface area contributed by atoms with Gasteiger partial charge in [0.15, 0.2) is 6.04 Å². The first kappa shape index (κ1) is 24.8. The topological polar surface area (TPSA) is 105 Å². The maximum absolute atomic E-state index is 13.7. The van der Waals surface area contributed by atoms with Crippen LogP contribution in [-0.4, -0.2) is 67.7 Å². The highest BCUT2D eigenvalue weighted by molar-refractivity contribution is 6.09. The second-order valence-electron chi connectivity index (χ2n) is 7.95. The Morgan fingerprint density at radius 3 is 2.52 bits per heavy atom. The van der Waals surface area contributed by atoms with E-state index in [1.54, 1.807) is 0 Å². The minimum Gasteiger partial charge on any atom is -0.370 e. The number of alkyl halides is 5. The second kappa shape index (κ2) is 10.00. The number of primary amides is 1. The fraction of sp³-hybridized carbons (Fsp3) is 0.550. The van der Waals surface area contributed by atoms with Gasteiger partial charge >= 0.3 is 6.18 Å². The maximum Gasteiger partial charge on any atom is 0.401 e. The molecule has 0 bridgehead atoms. The molecule has 33 heavy (non-hydrogen) atoms. The molecule has 1 atom stereocenters. The van der Waals surface area contributed by atoms with Crippen molar-refractivity contribution in [1.82, 2.24) is 4.90 Å². The first-order chi connectivity index (χ1) is 15.5. The Bertz CT molecular complexity index is 907. The third kappa shape index (κ3) is 6.60. The number of hydrogen-bond donors (Lipinski definition) is 2. The van der Waals surface area contributed by atoms with Crippen molar-refractivity contribution < 1.29 is 41.1 Å². The van der Waals surface area contributed by atoms with Crippen LogP contribution >= 0.6 is 0 Å². The molecule has 0 aromatic heterocycles. The number of benzene rings is 1. The number of nitrogens with one attached hydrogen (secondary N) is 1. The summed E-state index contributed by atoms with van der Waals surface area (Å²) in [5.74, 6) is -3.06. The molecule has 1 aromatic rings. The van der Waals surface area contributed by atoms with Gasteiger partial charge in [-0.1, -0.05) is 0 Å². The zero-order valence-corrected chi connectivity index (χ0v) is 17.4. The van der Waals surface area contributed by atoms with Crippen molar-refractivity contribution in [3.8, 4) is 0 Å². The Morgan fingerprint density at radius 2 is 1.97 bits per heavy atom. The molecule has 1 saturated heterocycles. The number of nitrogens with zero attached hydrogens (tertiary/aromatic N) is 2. The SMILES string of the molecule is NC(=O)[C@H](C(=O)Nc1ccc(N2CCOCC2=O)c(C(F)F)c1)N(CC1CC1)CC(F)(F)F. The third-order valence-corrected chi connectivity index (χ3v) is 5.26. The lowest BCUT2D eigenvalue weighted by Crippen LogP contribution is -2.55. The molecule has 1 aliphatic heterocycles. The van der Waals surface area contributed by atoms with Gasteiger partial charge in [-0.3, -0.25) is 19.3 Å². The number of morpholine rings is 1. The van der Waals surface area contributed by atoms with Gasteiger partial charge in [0.1, 0.15) is 6.61 Å². The third-order valence-electron chi connectivity index (χ3n) is 5.26. The number of carbonyl (C=O) groups is 3. The lowest BCUT2D eigenvalue weighted by molar-refractivity contribution is -0.157. The normalized spacial score (nSPS) is 18.0. The second-order valence-corrected chi connectivity index (χ2v) is 7.95. The first-order valence-electron chi connectivity index (χ1n) is 10.2. The summed E-state index contributed by atoms with van der Waals surface area (Å²) in [7, 11) is 0. The summed E-state index contributed by atoms with van der Waals surface area (Å²) in [6, 6.07) is 1.38. The van der Waals surface area contributed by atoms with Crippen LogP contribution in [0, 0.1) is 5.92 Å². The van der Waals surface area contributed by atoms with Gasteiger partial charge in [-0.15, -0.1) is 0 Å². The Labute approximate surface area is 185 Å². The number of carbonyl (C=O) groups excluding carboxylic acids is 3. The highest BCUT2D eigenvalue weighted by Crippen LogP contribution is 2.34. The van der Waals surface area contributed by atoms with Gasteiger partial charge in [-0.25, -0.2) is 8.78 Å². The van der Waals surface area contributed by atoms with E-state index in [0.29, 0.717) is 17.7 Å². The van der Waals surface area contributed by atoms with Crippen LogP contribution < -0.4 is 16.0 Å². The molecule has 2 fully saturated rings. The average Bonchev–Trinajstić information content (AvgIpc) is 3.51. The van der Waals surface area contributed by atoms with E-state index < -0.39 is 48.5 Å². The number of hydrogen-bond acceptors (Lipinski definition) is 5. The number of rotatable bonds is 9. The van der Waals surface area contributed by atoms with Gasteiger partial charge < -0.3 is 20.7 Å². The number of ether oxygens (including phenoxy) is 1. The van der Waals surface area contributed by atoms with E-state index in [-0.39, 0.29) is 43.6 Å². The highest BCUT2D eigenvalue weighted by atomic mass is 19.4. The molecule has 1 heterocycles. The van der Waals surface area contributed by atoms with E-state index in [1.165, 1.54) is 12.1 Å². The van der Waals surface area contributed by atoms with Gasteiger partial charge in [0, 0.05) is 24.3 Å². The number of nitrogens with two attached hydrogens (primary N) is 1. The number of halogens is 5. The van der Waals surface area contributed by atoms with Gasteiger partial charge in [0.2, 0.25) is 5.91 Å². The van der Waals surface area contributed by atoms with Gasteiger partial charge in [-0.2, -0.15) is 13.2 Å². The molecule has 8 nitrogen and oxygen atoms in total. The van der Waals surface area contributed by atoms with Gasteiger partial charge in [-0.05, 0) is 37.0 Å². The fourth-order valence-corrected chi connectivity index (χ4v) is 3.63. The molecular weight excluding hydrogens is 455 g/mol. The molecule has 182 valence electrons. The Balaban J connectivity index is 1.83. The molecule has 0 unspecified atom stereocenters. The summed E-state index contributed by atoms with van der Waals surface area (Å²) in [6.45, 7) is -1.73. The van der Waals surface area contributed by atoms with E-state index >= 15 is 0 Å². The van der Waals surface area contributed by atoms with Crippen molar-refractivity contribution in [2.24, 2.45) is 11.7 Å². The van der Waals surface area contributed by atoms with Crippen LogP contribution in [0.15, 0.2) is 18.2 Å². The monoisotopic (exact) mass is 478 g/mol. The van der Waals surface area contributed by atoms with E-state index in [2.05, 4.69) is 5.32 Å². The van der Waals surface area contributed by atoms with E-state index in [1.807, 2.05) is 0 Å². The van der Waals surface area contributed by atoms with Crippen molar-refractivity contribution in [2.75, 3.05) is 43.1 Å². The predicted octanol–water partition coefficient (Wildman–Crippen LogP) is 2.05. The average molecular weight is 478 g/mol. The minimum absolute atomic E-state index is 0.0571. The van der Waals surface area contributed by atoms with Crippen molar-refractivity contribution in [1.29, 1.82) is 0 Å². The molecular formula is C20H23F5N4O4. The maximum atomic E-state index is 13.7. The predicted molar refractivity (Wildman–Crippen MR) is 107 cm³/mol. The summed E-state index contributed by atoms with van der Waals surface area (Å²) >= 11 is 0. The van der Waals surface area contributed by atoms with Crippen molar-refractivity contribution in [2.45, 2.75) is 31.5 Å². The molecule has 13 heteroatoms. The summed E-state index contributed by atoms with van der Waals surface area (Å²) in [5, 5.41) is 2.21. The van der Waals surface area contributed by atoms with Gasteiger partial charge in [0.25, 0.3) is 18.2 Å². The molecule has 3 rings (SSSR count). The van der Waals surface area contributed by atoms with Gasteiger partial charge in [0.05, 0.1) is 18.8 Å². The lowest BCUT2D eigenvalue weighted by Gasteiger charge is -2.30. The Morgan fingerprint density at radius 1 is 1.27 bits per heavy atom. The van der Waals surface area contributed by atoms with Crippen molar-refractivity contribution in [3.05, 3.63) is 23.8 Å². The van der Waals surface area contributed by atoms with Crippen LogP contribution in [0.1, 0.15) is 24.8 Å². The smallest absolute Gasteiger partial charge is 0.370 e. The molecule has 3 amide bonds. The number of amides is 3. The zero-order valence-electron chi connectivity index (χ0n) is 17.4. The molecule has 0 spiro atoms. The fourth-order valence-electron chi connectivity index (χ4n) is 3.63. The largest absolute Gasteiger partial charge is 0.401 e. The van der Waals surface area contributed by atoms with E-state index in [0.717, 1.165) is 11.0 Å². The molecule has 1 aliphatic carbocycles. The highest BCUT2D eigenvalue weighted by Gasteiger charge is 2.41.